The number of para-hydroxylation sites is 1. The first-order chi connectivity index (χ1) is 9.55. The maximum absolute atomic E-state index is 11.6. The molecular weight excluding hydrogens is 278 g/mol. The lowest BCUT2D eigenvalue weighted by molar-refractivity contribution is -0.123. The highest BCUT2D eigenvalue weighted by atomic mass is 32.2. The number of nitrogens with one attached hydrogen (secondary N) is 1. The fraction of sp³-hybridized carbons (Fsp3) is 0.500. The molecule has 5 nitrogen and oxygen atoms in total. The van der Waals surface area contributed by atoms with Gasteiger partial charge < -0.3 is 10.1 Å². The van der Waals surface area contributed by atoms with Crippen molar-refractivity contribution < 1.29 is 17.9 Å². The van der Waals surface area contributed by atoms with Gasteiger partial charge in [-0.25, -0.2) is 8.42 Å². The highest BCUT2D eigenvalue weighted by Gasteiger charge is 2.27. The van der Waals surface area contributed by atoms with Crippen molar-refractivity contribution >= 4 is 15.7 Å². The van der Waals surface area contributed by atoms with E-state index in [1.165, 1.54) is 0 Å². The number of rotatable bonds is 6. The number of ether oxygens (including phenoxy) is 1. The molecule has 110 valence electrons. The van der Waals surface area contributed by atoms with Gasteiger partial charge in [0.05, 0.1) is 11.5 Å². The van der Waals surface area contributed by atoms with Crippen molar-refractivity contribution in [1.29, 1.82) is 0 Å². The molecule has 0 aromatic heterocycles. The smallest absolute Gasteiger partial charge is 0.257 e. The fourth-order valence-corrected chi connectivity index (χ4v) is 4.14. The number of benzene rings is 1. The molecule has 1 aromatic carbocycles. The van der Waals surface area contributed by atoms with Crippen molar-refractivity contribution in [2.75, 3.05) is 24.7 Å². The van der Waals surface area contributed by atoms with Crippen LogP contribution in [0.3, 0.4) is 0 Å². The van der Waals surface area contributed by atoms with Gasteiger partial charge in [-0.05, 0) is 30.9 Å². The first-order valence-electron chi connectivity index (χ1n) is 6.70. The minimum atomic E-state index is -2.83. The first-order valence-corrected chi connectivity index (χ1v) is 8.52. The van der Waals surface area contributed by atoms with Crippen LogP contribution in [0.1, 0.15) is 12.8 Å². The van der Waals surface area contributed by atoms with Crippen molar-refractivity contribution in [2.45, 2.75) is 12.8 Å². The third kappa shape index (κ3) is 4.85. The summed E-state index contributed by atoms with van der Waals surface area (Å²) in [6.07, 6.45) is 1.41. The van der Waals surface area contributed by atoms with Gasteiger partial charge in [-0.3, -0.25) is 4.79 Å². The minimum absolute atomic E-state index is 0.0209. The predicted molar refractivity (Wildman–Crippen MR) is 76.3 cm³/mol. The lowest BCUT2D eigenvalue weighted by atomic mass is 10.1. The second-order valence-corrected chi connectivity index (χ2v) is 7.24. The molecule has 0 bridgehead atoms. The molecule has 1 atom stereocenters. The van der Waals surface area contributed by atoms with Crippen LogP contribution in [0.2, 0.25) is 0 Å². The Bertz CT molecular complexity index is 542. The quantitative estimate of drug-likeness (QED) is 0.850. The van der Waals surface area contributed by atoms with Gasteiger partial charge in [0.25, 0.3) is 5.91 Å². The van der Waals surface area contributed by atoms with Crippen molar-refractivity contribution in [3.8, 4) is 5.75 Å². The molecule has 1 amide bonds. The van der Waals surface area contributed by atoms with Gasteiger partial charge in [0.2, 0.25) is 0 Å². The van der Waals surface area contributed by atoms with E-state index >= 15 is 0 Å². The van der Waals surface area contributed by atoms with E-state index in [0.29, 0.717) is 25.1 Å². The Kier molecular flexibility index (Phi) is 5.00. The molecule has 1 saturated heterocycles. The summed E-state index contributed by atoms with van der Waals surface area (Å²) in [4.78, 5) is 11.6. The molecule has 0 radical (unpaired) electrons. The summed E-state index contributed by atoms with van der Waals surface area (Å²) in [5.41, 5.74) is 0. The first kappa shape index (κ1) is 14.8. The van der Waals surface area contributed by atoms with Crippen molar-refractivity contribution in [3.63, 3.8) is 0 Å². The van der Waals surface area contributed by atoms with Crippen LogP contribution < -0.4 is 10.1 Å². The van der Waals surface area contributed by atoms with E-state index in [4.69, 9.17) is 4.74 Å². The SMILES string of the molecule is O=C(COc1ccccc1)NCCC1CCS(=O)(=O)C1. The summed E-state index contributed by atoms with van der Waals surface area (Å²) in [7, 11) is -2.83. The third-order valence-corrected chi connectivity index (χ3v) is 5.15. The van der Waals surface area contributed by atoms with Crippen LogP contribution in [0.5, 0.6) is 5.75 Å². The Hall–Kier alpha value is -1.56. The molecule has 1 aliphatic heterocycles. The molecule has 2 rings (SSSR count). The second kappa shape index (κ2) is 6.74. The molecular formula is C14H19NO4S. The Morgan fingerprint density at radius 2 is 2.05 bits per heavy atom. The summed E-state index contributed by atoms with van der Waals surface area (Å²) < 4.78 is 27.9. The Morgan fingerprint density at radius 3 is 2.70 bits per heavy atom. The van der Waals surface area contributed by atoms with Crippen molar-refractivity contribution in [3.05, 3.63) is 30.3 Å². The Balaban J connectivity index is 1.61. The van der Waals surface area contributed by atoms with Gasteiger partial charge in [-0.15, -0.1) is 0 Å². The van der Waals surface area contributed by atoms with E-state index in [-0.39, 0.29) is 29.9 Å². The third-order valence-electron chi connectivity index (χ3n) is 3.31. The molecule has 1 fully saturated rings. The second-order valence-electron chi connectivity index (χ2n) is 5.01. The Labute approximate surface area is 119 Å². The van der Waals surface area contributed by atoms with E-state index < -0.39 is 9.84 Å². The van der Waals surface area contributed by atoms with E-state index in [0.717, 1.165) is 0 Å². The molecule has 6 heteroatoms. The summed E-state index contributed by atoms with van der Waals surface area (Å²) in [6.45, 7) is 0.476. The van der Waals surface area contributed by atoms with Gasteiger partial charge in [0.1, 0.15) is 5.75 Å². The van der Waals surface area contributed by atoms with E-state index in [9.17, 15) is 13.2 Å². The van der Waals surface area contributed by atoms with Crippen LogP contribution in [-0.4, -0.2) is 39.0 Å². The molecule has 1 N–H and O–H groups in total. The van der Waals surface area contributed by atoms with Gasteiger partial charge in [-0.2, -0.15) is 0 Å². The lowest BCUT2D eigenvalue weighted by Crippen LogP contribution is -2.30. The van der Waals surface area contributed by atoms with Crippen LogP contribution in [0.4, 0.5) is 0 Å². The molecule has 0 aliphatic carbocycles. The molecule has 0 spiro atoms. The van der Waals surface area contributed by atoms with Crippen LogP contribution in [-0.2, 0) is 14.6 Å². The standard InChI is InChI=1S/C14H19NO4S/c16-14(10-19-13-4-2-1-3-5-13)15-8-6-12-7-9-20(17,18)11-12/h1-5,12H,6-11H2,(H,15,16). The number of hydrogen-bond donors (Lipinski definition) is 1. The molecule has 1 aromatic rings. The van der Waals surface area contributed by atoms with Crippen molar-refractivity contribution in [1.82, 2.24) is 5.32 Å². The molecule has 1 heterocycles. The highest BCUT2D eigenvalue weighted by Crippen LogP contribution is 2.20. The largest absolute Gasteiger partial charge is 0.484 e. The van der Waals surface area contributed by atoms with Gasteiger partial charge in [-0.1, -0.05) is 18.2 Å². The number of carbonyl (C=O) groups excluding carboxylic acids is 1. The summed E-state index contributed by atoms with van der Waals surface area (Å²) >= 11 is 0. The van der Waals surface area contributed by atoms with E-state index in [1.54, 1.807) is 12.1 Å². The topological polar surface area (TPSA) is 72.5 Å². The van der Waals surface area contributed by atoms with Gasteiger partial charge in [0.15, 0.2) is 16.4 Å². The summed E-state index contributed by atoms with van der Waals surface area (Å²) in [6, 6.07) is 9.14. The number of hydrogen-bond acceptors (Lipinski definition) is 4. The normalized spacial score (nSPS) is 20.5. The summed E-state index contributed by atoms with van der Waals surface area (Å²) in [5, 5.41) is 2.75. The van der Waals surface area contributed by atoms with Crippen LogP contribution in [0.15, 0.2) is 30.3 Å². The Morgan fingerprint density at radius 1 is 1.30 bits per heavy atom. The van der Waals surface area contributed by atoms with E-state index in [2.05, 4.69) is 5.32 Å². The maximum Gasteiger partial charge on any atom is 0.257 e. The fourth-order valence-electron chi connectivity index (χ4n) is 2.23. The zero-order chi connectivity index (χ0) is 14.4. The van der Waals surface area contributed by atoms with Crippen molar-refractivity contribution in [2.24, 2.45) is 5.92 Å². The number of carbonyl (C=O) groups is 1. The van der Waals surface area contributed by atoms with Crippen LogP contribution >= 0.6 is 0 Å². The predicted octanol–water partition coefficient (Wildman–Crippen LogP) is 1.01. The average Bonchev–Trinajstić information content (AvgIpc) is 2.77. The minimum Gasteiger partial charge on any atom is -0.484 e. The monoisotopic (exact) mass is 297 g/mol. The molecule has 1 aliphatic rings. The average molecular weight is 297 g/mol. The summed E-state index contributed by atoms with van der Waals surface area (Å²) in [5.74, 6) is 1.18. The van der Waals surface area contributed by atoms with Gasteiger partial charge in [0, 0.05) is 6.54 Å². The molecule has 0 saturated carbocycles. The zero-order valence-electron chi connectivity index (χ0n) is 11.2. The lowest BCUT2D eigenvalue weighted by Gasteiger charge is -2.09. The van der Waals surface area contributed by atoms with E-state index in [1.807, 2.05) is 18.2 Å². The number of sulfone groups is 1. The van der Waals surface area contributed by atoms with Crippen LogP contribution in [0.25, 0.3) is 0 Å². The van der Waals surface area contributed by atoms with Gasteiger partial charge >= 0.3 is 0 Å². The molecule has 20 heavy (non-hydrogen) atoms. The maximum atomic E-state index is 11.6. The molecule has 1 unspecified atom stereocenters. The highest BCUT2D eigenvalue weighted by molar-refractivity contribution is 7.91. The van der Waals surface area contributed by atoms with Crippen LogP contribution in [0, 0.1) is 5.92 Å². The zero-order valence-corrected chi connectivity index (χ0v) is 12.1. The number of amides is 1.